The zero-order chi connectivity index (χ0) is 19.8. The lowest BCUT2D eigenvalue weighted by atomic mass is 9.95. The molecule has 0 spiro atoms. The van der Waals surface area contributed by atoms with E-state index in [9.17, 15) is 4.79 Å². The molecule has 3 aromatic carbocycles. The van der Waals surface area contributed by atoms with E-state index < -0.39 is 12.1 Å². The van der Waals surface area contributed by atoms with Crippen molar-refractivity contribution in [3.8, 4) is 0 Å². The average molecular weight is 375 g/mol. The molecule has 3 aromatic rings. The highest BCUT2D eigenvalue weighted by Gasteiger charge is 2.33. The number of carbonyl (C=O) groups excluding carboxylic acids is 1. The van der Waals surface area contributed by atoms with Crippen molar-refractivity contribution >= 4 is 5.97 Å². The van der Waals surface area contributed by atoms with Gasteiger partial charge >= 0.3 is 5.97 Å². The van der Waals surface area contributed by atoms with Crippen LogP contribution in [0.2, 0.25) is 0 Å². The molecular formula is C24H25NO3. The molecule has 0 radical (unpaired) electrons. The summed E-state index contributed by atoms with van der Waals surface area (Å²) < 4.78 is 10.8. The second kappa shape index (κ2) is 9.83. The standard InChI is InChI=1S/C24H25NO3/c1-27-23(20-16-10-5-11-17-20)22(24(26)28-2)25-21(18-12-6-3-7-13-18)19-14-8-4-9-15-19/h3-17,21-23,25H,1-2H3/t22-,23+/m0/s1. The van der Waals surface area contributed by atoms with Crippen LogP contribution in [0, 0.1) is 0 Å². The zero-order valence-corrected chi connectivity index (χ0v) is 16.1. The first kappa shape index (κ1) is 19.8. The third kappa shape index (κ3) is 4.66. The fourth-order valence-corrected chi connectivity index (χ4v) is 3.37. The highest BCUT2D eigenvalue weighted by molar-refractivity contribution is 5.77. The van der Waals surface area contributed by atoms with Crippen LogP contribution in [0.1, 0.15) is 28.8 Å². The number of carbonyl (C=O) groups is 1. The quantitative estimate of drug-likeness (QED) is 0.597. The number of esters is 1. The first-order valence-corrected chi connectivity index (χ1v) is 9.26. The second-order valence-corrected chi connectivity index (χ2v) is 6.49. The predicted molar refractivity (Wildman–Crippen MR) is 110 cm³/mol. The largest absolute Gasteiger partial charge is 0.468 e. The maximum atomic E-state index is 12.7. The van der Waals surface area contributed by atoms with Crippen molar-refractivity contribution in [3.63, 3.8) is 0 Å². The van der Waals surface area contributed by atoms with Crippen LogP contribution in [0.3, 0.4) is 0 Å². The second-order valence-electron chi connectivity index (χ2n) is 6.49. The Bertz CT molecular complexity index is 813. The monoisotopic (exact) mass is 375 g/mol. The molecule has 1 N–H and O–H groups in total. The molecule has 4 heteroatoms. The summed E-state index contributed by atoms with van der Waals surface area (Å²) in [6.07, 6.45) is -0.483. The highest BCUT2D eigenvalue weighted by atomic mass is 16.5. The zero-order valence-electron chi connectivity index (χ0n) is 16.1. The number of hydrogen-bond acceptors (Lipinski definition) is 4. The van der Waals surface area contributed by atoms with E-state index in [1.165, 1.54) is 7.11 Å². The molecule has 0 heterocycles. The van der Waals surface area contributed by atoms with Crippen molar-refractivity contribution in [2.45, 2.75) is 18.2 Å². The molecule has 0 aromatic heterocycles. The van der Waals surface area contributed by atoms with Crippen LogP contribution in [0.25, 0.3) is 0 Å². The lowest BCUT2D eigenvalue weighted by molar-refractivity contribution is -0.147. The smallest absolute Gasteiger partial charge is 0.325 e. The normalized spacial score (nSPS) is 13.1. The van der Waals surface area contributed by atoms with Crippen LogP contribution in [0.5, 0.6) is 0 Å². The minimum absolute atomic E-state index is 0.187. The fourth-order valence-electron chi connectivity index (χ4n) is 3.37. The minimum Gasteiger partial charge on any atom is -0.468 e. The summed E-state index contributed by atoms with van der Waals surface area (Å²) in [5, 5.41) is 3.49. The van der Waals surface area contributed by atoms with E-state index in [0.29, 0.717) is 0 Å². The van der Waals surface area contributed by atoms with Crippen LogP contribution < -0.4 is 5.32 Å². The Morgan fingerprint density at radius 1 is 0.714 bits per heavy atom. The Labute approximate surface area is 166 Å². The summed E-state index contributed by atoms with van der Waals surface area (Å²) in [5.74, 6) is -0.368. The van der Waals surface area contributed by atoms with Crippen molar-refractivity contribution in [1.29, 1.82) is 0 Å². The maximum Gasteiger partial charge on any atom is 0.325 e. The van der Waals surface area contributed by atoms with Gasteiger partial charge < -0.3 is 9.47 Å². The van der Waals surface area contributed by atoms with E-state index in [2.05, 4.69) is 5.32 Å². The van der Waals surface area contributed by atoms with Gasteiger partial charge in [0.05, 0.1) is 13.2 Å². The summed E-state index contributed by atoms with van der Waals surface area (Å²) in [4.78, 5) is 12.7. The number of methoxy groups -OCH3 is 2. The molecule has 0 bridgehead atoms. The topological polar surface area (TPSA) is 47.6 Å². The molecule has 0 aliphatic rings. The van der Waals surface area contributed by atoms with Crippen molar-refractivity contribution in [3.05, 3.63) is 108 Å². The fraction of sp³-hybridized carbons (Fsp3) is 0.208. The Kier molecular flexibility index (Phi) is 6.95. The Balaban J connectivity index is 2.00. The molecule has 0 aliphatic carbocycles. The molecule has 2 atom stereocenters. The van der Waals surface area contributed by atoms with Gasteiger partial charge in [-0.05, 0) is 16.7 Å². The average Bonchev–Trinajstić information content (AvgIpc) is 2.78. The van der Waals surface area contributed by atoms with Gasteiger partial charge in [0.25, 0.3) is 0 Å². The van der Waals surface area contributed by atoms with Crippen LogP contribution in [0.4, 0.5) is 0 Å². The van der Waals surface area contributed by atoms with Gasteiger partial charge in [0, 0.05) is 7.11 Å². The van der Waals surface area contributed by atoms with Gasteiger partial charge in [-0.3, -0.25) is 10.1 Å². The van der Waals surface area contributed by atoms with Gasteiger partial charge in [0.1, 0.15) is 12.1 Å². The van der Waals surface area contributed by atoms with Gasteiger partial charge in [-0.15, -0.1) is 0 Å². The van der Waals surface area contributed by atoms with Crippen LogP contribution in [-0.4, -0.2) is 26.2 Å². The summed E-state index contributed by atoms with van der Waals surface area (Å²) >= 11 is 0. The third-order valence-electron chi connectivity index (χ3n) is 4.75. The molecule has 28 heavy (non-hydrogen) atoms. The van der Waals surface area contributed by atoms with E-state index in [4.69, 9.17) is 9.47 Å². The lowest BCUT2D eigenvalue weighted by Crippen LogP contribution is -2.45. The summed E-state index contributed by atoms with van der Waals surface area (Å²) in [6.45, 7) is 0. The molecule has 0 fully saturated rings. The molecule has 0 unspecified atom stereocenters. The van der Waals surface area contributed by atoms with Crippen molar-refractivity contribution in [1.82, 2.24) is 5.32 Å². The third-order valence-corrected chi connectivity index (χ3v) is 4.75. The Morgan fingerprint density at radius 3 is 1.54 bits per heavy atom. The number of nitrogens with one attached hydrogen (secondary N) is 1. The molecule has 3 rings (SSSR count). The summed E-state index contributed by atoms with van der Waals surface area (Å²) in [7, 11) is 3.00. The van der Waals surface area contributed by atoms with Gasteiger partial charge in [-0.25, -0.2) is 0 Å². The first-order chi connectivity index (χ1) is 13.7. The van der Waals surface area contributed by atoms with Crippen LogP contribution in [-0.2, 0) is 14.3 Å². The first-order valence-electron chi connectivity index (χ1n) is 9.26. The highest BCUT2D eigenvalue weighted by Crippen LogP contribution is 2.28. The number of ether oxygens (including phenoxy) is 2. The van der Waals surface area contributed by atoms with E-state index in [1.807, 2.05) is 91.0 Å². The minimum atomic E-state index is -0.678. The number of benzene rings is 3. The summed E-state index contributed by atoms with van der Waals surface area (Å²) in [5.41, 5.74) is 3.03. The van der Waals surface area contributed by atoms with Gasteiger partial charge in [0.15, 0.2) is 0 Å². The molecular weight excluding hydrogens is 350 g/mol. The number of rotatable bonds is 8. The molecule has 144 valence electrons. The molecule has 0 saturated heterocycles. The predicted octanol–water partition coefficient (Wildman–Crippen LogP) is 4.29. The van der Waals surface area contributed by atoms with Gasteiger partial charge in [-0.2, -0.15) is 0 Å². The number of hydrogen-bond donors (Lipinski definition) is 1. The maximum absolute atomic E-state index is 12.7. The lowest BCUT2D eigenvalue weighted by Gasteiger charge is -2.30. The van der Waals surface area contributed by atoms with Crippen molar-refractivity contribution in [2.75, 3.05) is 14.2 Å². The Hall–Kier alpha value is -2.95. The molecule has 0 aliphatic heterocycles. The molecule has 4 nitrogen and oxygen atoms in total. The molecule has 0 saturated carbocycles. The van der Waals surface area contributed by atoms with Crippen LogP contribution in [0.15, 0.2) is 91.0 Å². The summed E-state index contributed by atoms with van der Waals surface area (Å²) in [6, 6.07) is 28.9. The van der Waals surface area contributed by atoms with Crippen LogP contribution >= 0.6 is 0 Å². The Morgan fingerprint density at radius 2 is 1.14 bits per heavy atom. The molecule has 0 amide bonds. The van der Waals surface area contributed by atoms with Crippen molar-refractivity contribution in [2.24, 2.45) is 0 Å². The van der Waals surface area contributed by atoms with E-state index >= 15 is 0 Å². The van der Waals surface area contributed by atoms with Gasteiger partial charge in [0.2, 0.25) is 0 Å². The van der Waals surface area contributed by atoms with E-state index in [0.717, 1.165) is 16.7 Å². The SMILES string of the molecule is COC(=O)[C@@H](NC(c1ccccc1)c1ccccc1)[C@H](OC)c1ccccc1. The van der Waals surface area contributed by atoms with Gasteiger partial charge in [-0.1, -0.05) is 91.0 Å². The van der Waals surface area contributed by atoms with E-state index in [1.54, 1.807) is 7.11 Å². The van der Waals surface area contributed by atoms with E-state index in [-0.39, 0.29) is 12.0 Å². The van der Waals surface area contributed by atoms with Crippen molar-refractivity contribution < 1.29 is 14.3 Å².